The highest BCUT2D eigenvalue weighted by atomic mass is 19.4. The molecule has 0 radical (unpaired) electrons. The molecule has 0 spiro atoms. The number of hydrogen-bond acceptors (Lipinski definition) is 2. The van der Waals surface area contributed by atoms with Crippen molar-refractivity contribution in [3.05, 3.63) is 23.7 Å². The van der Waals surface area contributed by atoms with Gasteiger partial charge in [0.05, 0.1) is 6.26 Å². The van der Waals surface area contributed by atoms with E-state index in [1.165, 1.54) is 6.07 Å². The second-order valence-corrected chi connectivity index (χ2v) is 3.57. The van der Waals surface area contributed by atoms with E-state index in [1.54, 1.807) is 0 Å². The normalized spacial score (nSPS) is 19.7. The van der Waals surface area contributed by atoms with Gasteiger partial charge < -0.3 is 10.2 Å². The van der Waals surface area contributed by atoms with Crippen LogP contribution in [-0.4, -0.2) is 0 Å². The molecule has 0 saturated heterocycles. The predicted octanol–water partition coefficient (Wildman–Crippen LogP) is 2.71. The van der Waals surface area contributed by atoms with Gasteiger partial charge in [-0.1, -0.05) is 0 Å². The van der Waals surface area contributed by atoms with Crippen molar-refractivity contribution in [2.75, 3.05) is 0 Å². The maximum Gasteiger partial charge on any atom is 0.449 e. The molecular weight excluding hydrogens is 195 g/mol. The molecule has 1 saturated carbocycles. The van der Waals surface area contributed by atoms with Gasteiger partial charge in [-0.15, -0.1) is 0 Å². The van der Waals surface area contributed by atoms with Crippen LogP contribution in [-0.2, 0) is 6.18 Å². The van der Waals surface area contributed by atoms with Gasteiger partial charge in [0.2, 0.25) is 5.76 Å². The molecule has 2 rings (SSSR count). The lowest BCUT2D eigenvalue weighted by atomic mass is 10.0. The molecular formula is C9H10F3NO. The molecule has 0 aliphatic heterocycles. The Morgan fingerprint density at radius 1 is 1.43 bits per heavy atom. The van der Waals surface area contributed by atoms with Gasteiger partial charge in [0.25, 0.3) is 0 Å². The van der Waals surface area contributed by atoms with Gasteiger partial charge in [-0.05, 0) is 24.8 Å². The fourth-order valence-corrected chi connectivity index (χ4v) is 1.52. The van der Waals surface area contributed by atoms with Crippen LogP contribution in [0.25, 0.3) is 0 Å². The minimum Gasteiger partial charge on any atom is -0.459 e. The SMILES string of the molecule is N[C@H](c1ccoc1C(F)(F)F)C1CC1. The first-order valence-electron chi connectivity index (χ1n) is 4.40. The van der Waals surface area contributed by atoms with Crippen molar-refractivity contribution < 1.29 is 17.6 Å². The van der Waals surface area contributed by atoms with E-state index in [1.807, 2.05) is 0 Å². The highest BCUT2D eigenvalue weighted by Gasteiger charge is 2.41. The zero-order valence-electron chi connectivity index (χ0n) is 7.34. The fraction of sp³-hybridized carbons (Fsp3) is 0.556. The van der Waals surface area contributed by atoms with Crippen LogP contribution in [0.2, 0.25) is 0 Å². The molecule has 5 heteroatoms. The van der Waals surface area contributed by atoms with E-state index in [0.29, 0.717) is 0 Å². The molecule has 0 unspecified atom stereocenters. The van der Waals surface area contributed by atoms with Crippen molar-refractivity contribution >= 4 is 0 Å². The molecule has 1 aromatic heterocycles. The summed E-state index contributed by atoms with van der Waals surface area (Å²) in [7, 11) is 0. The zero-order valence-corrected chi connectivity index (χ0v) is 7.34. The molecule has 0 amide bonds. The van der Waals surface area contributed by atoms with Crippen molar-refractivity contribution in [2.24, 2.45) is 11.7 Å². The van der Waals surface area contributed by atoms with Crippen LogP contribution in [0.15, 0.2) is 16.7 Å². The summed E-state index contributed by atoms with van der Waals surface area (Å²) in [5, 5.41) is 0. The Labute approximate surface area is 78.9 Å². The van der Waals surface area contributed by atoms with Crippen molar-refractivity contribution in [3.8, 4) is 0 Å². The minimum absolute atomic E-state index is 0.0833. The second kappa shape index (κ2) is 3.02. The number of furan rings is 1. The third-order valence-electron chi connectivity index (χ3n) is 2.44. The number of hydrogen-bond donors (Lipinski definition) is 1. The molecule has 1 aromatic rings. The fourth-order valence-electron chi connectivity index (χ4n) is 1.52. The van der Waals surface area contributed by atoms with E-state index in [9.17, 15) is 13.2 Å². The van der Waals surface area contributed by atoms with Crippen molar-refractivity contribution in [3.63, 3.8) is 0 Å². The van der Waals surface area contributed by atoms with E-state index in [-0.39, 0.29) is 11.5 Å². The topological polar surface area (TPSA) is 39.2 Å². The Morgan fingerprint density at radius 3 is 2.57 bits per heavy atom. The van der Waals surface area contributed by atoms with Crippen LogP contribution in [0.1, 0.15) is 30.2 Å². The number of rotatable bonds is 2. The number of nitrogens with two attached hydrogens (primary N) is 1. The summed E-state index contributed by atoms with van der Waals surface area (Å²) >= 11 is 0. The first kappa shape index (κ1) is 9.58. The van der Waals surface area contributed by atoms with Crippen molar-refractivity contribution in [2.45, 2.75) is 25.1 Å². The molecule has 1 fully saturated rings. The monoisotopic (exact) mass is 205 g/mol. The Balaban J connectivity index is 2.28. The Bertz CT molecular complexity index is 327. The highest BCUT2D eigenvalue weighted by Crippen LogP contribution is 2.43. The van der Waals surface area contributed by atoms with Gasteiger partial charge in [0.1, 0.15) is 0 Å². The van der Waals surface area contributed by atoms with Gasteiger partial charge in [0.15, 0.2) is 0 Å². The summed E-state index contributed by atoms with van der Waals surface area (Å²) < 4.78 is 41.6. The molecule has 78 valence electrons. The second-order valence-electron chi connectivity index (χ2n) is 3.57. The van der Waals surface area contributed by atoms with Crippen LogP contribution in [0, 0.1) is 5.92 Å². The Kier molecular flexibility index (Phi) is 2.06. The smallest absolute Gasteiger partial charge is 0.449 e. The maximum absolute atomic E-state index is 12.4. The van der Waals surface area contributed by atoms with Crippen LogP contribution in [0.5, 0.6) is 0 Å². The van der Waals surface area contributed by atoms with Crippen LogP contribution in [0.3, 0.4) is 0 Å². The average molecular weight is 205 g/mol. The van der Waals surface area contributed by atoms with Crippen LogP contribution in [0.4, 0.5) is 13.2 Å². The lowest BCUT2D eigenvalue weighted by molar-refractivity contribution is -0.153. The Hall–Kier alpha value is -0.970. The molecule has 0 bridgehead atoms. The molecule has 1 aliphatic carbocycles. The van der Waals surface area contributed by atoms with E-state index in [0.717, 1.165) is 19.1 Å². The summed E-state index contributed by atoms with van der Waals surface area (Å²) in [4.78, 5) is 0. The summed E-state index contributed by atoms with van der Waals surface area (Å²) in [5.74, 6) is -0.759. The lowest BCUT2D eigenvalue weighted by Crippen LogP contribution is -2.17. The number of alkyl halides is 3. The van der Waals surface area contributed by atoms with Crippen molar-refractivity contribution in [1.29, 1.82) is 0 Å². The van der Waals surface area contributed by atoms with Gasteiger partial charge in [0, 0.05) is 11.6 Å². The first-order valence-corrected chi connectivity index (χ1v) is 4.40. The van der Waals surface area contributed by atoms with E-state index >= 15 is 0 Å². The van der Waals surface area contributed by atoms with Crippen LogP contribution >= 0.6 is 0 Å². The molecule has 0 aromatic carbocycles. The van der Waals surface area contributed by atoms with E-state index in [4.69, 9.17) is 5.73 Å². The molecule has 2 N–H and O–H groups in total. The third kappa shape index (κ3) is 1.64. The van der Waals surface area contributed by atoms with Gasteiger partial charge >= 0.3 is 6.18 Å². The van der Waals surface area contributed by atoms with Gasteiger partial charge in [-0.2, -0.15) is 13.2 Å². The average Bonchev–Trinajstić information content (AvgIpc) is 2.78. The van der Waals surface area contributed by atoms with E-state index in [2.05, 4.69) is 4.42 Å². The van der Waals surface area contributed by atoms with Crippen molar-refractivity contribution in [1.82, 2.24) is 0 Å². The van der Waals surface area contributed by atoms with Gasteiger partial charge in [-0.3, -0.25) is 0 Å². The predicted molar refractivity (Wildman–Crippen MR) is 43.4 cm³/mol. The lowest BCUT2D eigenvalue weighted by Gasteiger charge is -2.11. The summed E-state index contributed by atoms with van der Waals surface area (Å²) in [6.07, 6.45) is -1.58. The molecule has 1 atom stereocenters. The van der Waals surface area contributed by atoms with Gasteiger partial charge in [-0.25, -0.2) is 0 Å². The molecule has 14 heavy (non-hydrogen) atoms. The summed E-state index contributed by atoms with van der Waals surface area (Å²) in [6.45, 7) is 0. The first-order chi connectivity index (χ1) is 6.50. The Morgan fingerprint density at radius 2 is 2.07 bits per heavy atom. The van der Waals surface area contributed by atoms with Crippen LogP contribution < -0.4 is 5.73 Å². The summed E-state index contributed by atoms with van der Waals surface area (Å²) in [5.41, 5.74) is 5.77. The number of halogens is 3. The minimum atomic E-state index is -4.44. The quantitative estimate of drug-likeness (QED) is 0.806. The summed E-state index contributed by atoms with van der Waals surface area (Å²) in [6, 6.07) is 0.775. The molecule has 2 nitrogen and oxygen atoms in total. The molecule has 1 heterocycles. The largest absolute Gasteiger partial charge is 0.459 e. The zero-order chi connectivity index (χ0) is 10.3. The molecule has 1 aliphatic rings. The highest BCUT2D eigenvalue weighted by molar-refractivity contribution is 5.25. The third-order valence-corrected chi connectivity index (χ3v) is 2.44. The van der Waals surface area contributed by atoms with E-state index < -0.39 is 18.0 Å². The maximum atomic E-state index is 12.4. The standard InChI is InChI=1S/C9H10F3NO/c10-9(11,12)8-6(3-4-14-8)7(13)5-1-2-5/h3-5,7H,1-2,13H2/t7-/m0/s1.